The Labute approximate surface area is 99.8 Å². The van der Waals surface area contributed by atoms with E-state index in [1.165, 1.54) is 0 Å². The molecule has 4 heteroatoms. The molecule has 1 aromatic heterocycles. The minimum atomic E-state index is -0.00938. The third-order valence-electron chi connectivity index (χ3n) is 2.72. The molecule has 0 aliphatic carbocycles. The number of aryl methyl sites for hydroxylation is 1. The predicted molar refractivity (Wildman–Crippen MR) is 68.6 cm³/mol. The van der Waals surface area contributed by atoms with Crippen LogP contribution >= 0.6 is 0 Å². The van der Waals surface area contributed by atoms with Crippen molar-refractivity contribution in [3.05, 3.63) is 40.7 Å². The summed E-state index contributed by atoms with van der Waals surface area (Å²) < 4.78 is 7.20. The highest BCUT2D eigenvalue weighted by molar-refractivity contribution is 5.80. The number of likely N-dealkylation sites (N-methyl/N-ethyl adjacent to an activating group) is 1. The number of rotatable bonds is 4. The Bertz CT molecular complexity index is 575. The lowest BCUT2D eigenvalue weighted by atomic mass is 10.2. The fraction of sp³-hybridized carbons (Fsp3) is 0.308. The van der Waals surface area contributed by atoms with Crippen LogP contribution in [0.15, 0.2) is 35.1 Å². The first kappa shape index (κ1) is 11.7. The van der Waals surface area contributed by atoms with E-state index in [0.717, 1.165) is 23.2 Å². The molecule has 4 nitrogen and oxygen atoms in total. The van der Waals surface area contributed by atoms with Gasteiger partial charge in [-0.25, -0.2) is 0 Å². The lowest BCUT2D eigenvalue weighted by Gasteiger charge is -2.09. The van der Waals surface area contributed by atoms with Crippen LogP contribution in [-0.2, 0) is 7.05 Å². The standard InChI is InChI=1S/C13H16N2O2/c1-14-7-8-17-11-5-3-10-4-6-13(16)15(2)12(10)9-11/h3-6,9,14H,7-8H2,1-2H3. The van der Waals surface area contributed by atoms with E-state index in [4.69, 9.17) is 4.74 Å². The first-order valence-corrected chi connectivity index (χ1v) is 5.59. The van der Waals surface area contributed by atoms with Crippen molar-refractivity contribution in [3.8, 4) is 5.75 Å². The van der Waals surface area contributed by atoms with Gasteiger partial charge in [-0.05, 0) is 30.6 Å². The van der Waals surface area contributed by atoms with Crippen molar-refractivity contribution in [2.75, 3.05) is 20.2 Å². The van der Waals surface area contributed by atoms with Gasteiger partial charge in [-0.15, -0.1) is 0 Å². The van der Waals surface area contributed by atoms with Crippen molar-refractivity contribution in [2.45, 2.75) is 0 Å². The summed E-state index contributed by atoms with van der Waals surface area (Å²) in [4.78, 5) is 11.5. The Morgan fingerprint density at radius 3 is 2.82 bits per heavy atom. The number of fused-ring (bicyclic) bond motifs is 1. The molecule has 2 rings (SSSR count). The molecule has 0 bridgehead atoms. The van der Waals surface area contributed by atoms with Crippen molar-refractivity contribution < 1.29 is 4.74 Å². The van der Waals surface area contributed by atoms with Gasteiger partial charge in [0.2, 0.25) is 0 Å². The highest BCUT2D eigenvalue weighted by atomic mass is 16.5. The molecule has 0 aliphatic rings. The fourth-order valence-electron chi connectivity index (χ4n) is 1.71. The molecule has 0 saturated heterocycles. The summed E-state index contributed by atoms with van der Waals surface area (Å²) in [6, 6.07) is 9.18. The zero-order chi connectivity index (χ0) is 12.3. The topological polar surface area (TPSA) is 43.3 Å². The van der Waals surface area contributed by atoms with Crippen molar-refractivity contribution in [1.29, 1.82) is 0 Å². The number of hydrogen-bond donors (Lipinski definition) is 1. The molecular formula is C13H16N2O2. The second-order valence-corrected chi connectivity index (χ2v) is 3.90. The van der Waals surface area contributed by atoms with Crippen LogP contribution in [0.1, 0.15) is 0 Å². The Morgan fingerprint density at radius 2 is 2.06 bits per heavy atom. The SMILES string of the molecule is CNCCOc1ccc2ccc(=O)n(C)c2c1. The summed E-state index contributed by atoms with van der Waals surface area (Å²) in [5, 5.41) is 4.05. The Balaban J connectivity index is 2.35. The third-order valence-corrected chi connectivity index (χ3v) is 2.72. The molecule has 2 aromatic rings. The quantitative estimate of drug-likeness (QED) is 0.804. The summed E-state index contributed by atoms with van der Waals surface area (Å²) in [7, 11) is 3.65. The average Bonchev–Trinajstić information content (AvgIpc) is 2.35. The first-order chi connectivity index (χ1) is 8.22. The maximum Gasteiger partial charge on any atom is 0.250 e. The van der Waals surface area contributed by atoms with Crippen molar-refractivity contribution in [1.82, 2.24) is 9.88 Å². The van der Waals surface area contributed by atoms with Crippen LogP contribution in [0.5, 0.6) is 5.75 Å². The average molecular weight is 232 g/mol. The van der Waals surface area contributed by atoms with Gasteiger partial charge in [0.05, 0.1) is 5.52 Å². The Morgan fingerprint density at radius 1 is 1.29 bits per heavy atom. The van der Waals surface area contributed by atoms with E-state index < -0.39 is 0 Å². The maximum atomic E-state index is 11.5. The number of nitrogens with zero attached hydrogens (tertiary/aromatic N) is 1. The van der Waals surface area contributed by atoms with Crippen LogP contribution in [0, 0.1) is 0 Å². The summed E-state index contributed by atoms with van der Waals surface area (Å²) in [6.45, 7) is 1.41. The molecule has 0 saturated carbocycles. The molecule has 0 spiro atoms. The van der Waals surface area contributed by atoms with Crippen molar-refractivity contribution in [2.24, 2.45) is 7.05 Å². The fourth-order valence-corrected chi connectivity index (χ4v) is 1.71. The predicted octanol–water partition coefficient (Wildman–Crippen LogP) is 1.14. The molecule has 0 unspecified atom stereocenters. The lowest BCUT2D eigenvalue weighted by molar-refractivity contribution is 0.318. The van der Waals surface area contributed by atoms with E-state index in [1.807, 2.05) is 31.3 Å². The highest BCUT2D eigenvalue weighted by Crippen LogP contribution is 2.18. The van der Waals surface area contributed by atoms with Gasteiger partial charge in [0.1, 0.15) is 12.4 Å². The summed E-state index contributed by atoms with van der Waals surface area (Å²) in [5.74, 6) is 0.786. The van der Waals surface area contributed by atoms with Gasteiger partial charge in [0.25, 0.3) is 5.56 Å². The second-order valence-electron chi connectivity index (χ2n) is 3.90. The number of ether oxygens (including phenoxy) is 1. The van der Waals surface area contributed by atoms with E-state index in [0.29, 0.717) is 6.61 Å². The summed E-state index contributed by atoms with van der Waals surface area (Å²) in [5.41, 5.74) is 0.879. The van der Waals surface area contributed by atoms with E-state index in [1.54, 1.807) is 17.7 Å². The first-order valence-electron chi connectivity index (χ1n) is 5.59. The molecule has 1 heterocycles. The zero-order valence-electron chi connectivity index (χ0n) is 10.1. The highest BCUT2D eigenvalue weighted by Gasteiger charge is 2.01. The van der Waals surface area contributed by atoms with Crippen LogP contribution in [-0.4, -0.2) is 24.8 Å². The van der Waals surface area contributed by atoms with Gasteiger partial charge in [0, 0.05) is 25.7 Å². The molecular weight excluding hydrogens is 216 g/mol. The molecule has 0 radical (unpaired) electrons. The van der Waals surface area contributed by atoms with Crippen LogP contribution in [0.25, 0.3) is 10.9 Å². The van der Waals surface area contributed by atoms with Gasteiger partial charge in [-0.2, -0.15) is 0 Å². The van der Waals surface area contributed by atoms with Gasteiger partial charge < -0.3 is 14.6 Å². The number of nitrogens with one attached hydrogen (secondary N) is 1. The number of hydrogen-bond acceptors (Lipinski definition) is 3. The normalized spacial score (nSPS) is 10.7. The second kappa shape index (κ2) is 5.01. The van der Waals surface area contributed by atoms with Crippen LogP contribution in [0.3, 0.4) is 0 Å². The van der Waals surface area contributed by atoms with E-state index in [2.05, 4.69) is 5.32 Å². The minimum absolute atomic E-state index is 0.00938. The Kier molecular flexibility index (Phi) is 3.44. The number of benzene rings is 1. The van der Waals surface area contributed by atoms with Crippen molar-refractivity contribution >= 4 is 10.9 Å². The molecule has 0 atom stereocenters. The van der Waals surface area contributed by atoms with Gasteiger partial charge in [0.15, 0.2) is 0 Å². The van der Waals surface area contributed by atoms with Gasteiger partial charge >= 0.3 is 0 Å². The molecule has 1 aromatic carbocycles. The minimum Gasteiger partial charge on any atom is -0.492 e. The van der Waals surface area contributed by atoms with Crippen LogP contribution < -0.4 is 15.6 Å². The van der Waals surface area contributed by atoms with E-state index >= 15 is 0 Å². The lowest BCUT2D eigenvalue weighted by Crippen LogP contribution is -2.17. The van der Waals surface area contributed by atoms with Crippen LogP contribution in [0.2, 0.25) is 0 Å². The molecule has 90 valence electrons. The van der Waals surface area contributed by atoms with E-state index in [-0.39, 0.29) is 5.56 Å². The summed E-state index contributed by atoms with van der Waals surface area (Å²) >= 11 is 0. The molecule has 0 fully saturated rings. The largest absolute Gasteiger partial charge is 0.492 e. The number of pyridine rings is 1. The Hall–Kier alpha value is -1.81. The van der Waals surface area contributed by atoms with Crippen molar-refractivity contribution in [3.63, 3.8) is 0 Å². The monoisotopic (exact) mass is 232 g/mol. The van der Waals surface area contributed by atoms with Gasteiger partial charge in [-0.1, -0.05) is 0 Å². The van der Waals surface area contributed by atoms with Crippen LogP contribution in [0.4, 0.5) is 0 Å². The number of aromatic nitrogens is 1. The van der Waals surface area contributed by atoms with E-state index in [9.17, 15) is 4.79 Å². The molecule has 1 N–H and O–H groups in total. The van der Waals surface area contributed by atoms with Gasteiger partial charge in [-0.3, -0.25) is 4.79 Å². The maximum absolute atomic E-state index is 11.5. The zero-order valence-corrected chi connectivity index (χ0v) is 10.1. The molecule has 17 heavy (non-hydrogen) atoms. The molecule has 0 amide bonds. The summed E-state index contributed by atoms with van der Waals surface area (Å²) in [6.07, 6.45) is 0. The smallest absolute Gasteiger partial charge is 0.250 e. The third kappa shape index (κ3) is 2.47. The molecule has 0 aliphatic heterocycles.